The van der Waals surface area contributed by atoms with Gasteiger partial charge in [0.1, 0.15) is 0 Å². The molecule has 3 aromatic rings. The number of rotatable bonds is 4. The van der Waals surface area contributed by atoms with E-state index in [2.05, 4.69) is 50.9 Å². The van der Waals surface area contributed by atoms with Gasteiger partial charge in [-0.1, -0.05) is 11.6 Å². The maximum atomic E-state index is 11.3. The molecule has 0 atom stereocenters. The smallest absolute Gasteiger partial charge is 0.209 e. The lowest BCUT2D eigenvalue weighted by Crippen LogP contribution is -2.33. The normalized spacial score (nSPS) is 14.6. The molecule has 136 valence electrons. The number of pyridine rings is 1. The zero-order valence-corrected chi connectivity index (χ0v) is 15.6. The van der Waals surface area contributed by atoms with Gasteiger partial charge >= 0.3 is 0 Å². The average molecular weight is 371 g/mol. The van der Waals surface area contributed by atoms with E-state index >= 15 is 0 Å². The van der Waals surface area contributed by atoms with Crippen molar-refractivity contribution < 1.29 is 8.42 Å². The van der Waals surface area contributed by atoms with Crippen molar-refractivity contribution in [1.29, 1.82) is 0 Å². The van der Waals surface area contributed by atoms with Crippen LogP contribution in [0.3, 0.4) is 0 Å². The Morgan fingerprint density at radius 3 is 2.85 bits per heavy atom. The molecule has 4 rings (SSSR count). The monoisotopic (exact) mass is 371 g/mol. The Morgan fingerprint density at radius 2 is 2.04 bits per heavy atom. The number of sulfonamides is 1. The van der Waals surface area contributed by atoms with Crippen molar-refractivity contribution in [1.82, 2.24) is 19.5 Å². The van der Waals surface area contributed by atoms with Crippen LogP contribution in [0.4, 0.5) is 5.69 Å². The van der Waals surface area contributed by atoms with Crippen LogP contribution in [0.15, 0.2) is 36.5 Å². The lowest BCUT2D eigenvalue weighted by atomic mass is 10.1. The molecule has 7 nitrogen and oxygen atoms in total. The molecular weight excluding hydrogens is 350 g/mol. The molecular formula is C18H21N5O2S. The van der Waals surface area contributed by atoms with Crippen LogP contribution in [0.1, 0.15) is 17.0 Å². The van der Waals surface area contributed by atoms with Crippen molar-refractivity contribution in [2.45, 2.75) is 26.6 Å². The Kier molecular flexibility index (Phi) is 4.16. The van der Waals surface area contributed by atoms with E-state index in [1.807, 2.05) is 16.9 Å². The molecule has 0 saturated heterocycles. The summed E-state index contributed by atoms with van der Waals surface area (Å²) in [7, 11) is -3.22. The van der Waals surface area contributed by atoms with Crippen LogP contribution >= 0.6 is 0 Å². The summed E-state index contributed by atoms with van der Waals surface area (Å²) in [5.74, 6) is 0. The number of hydrogen-bond acceptors (Lipinski definition) is 5. The van der Waals surface area contributed by atoms with Crippen LogP contribution in [0.25, 0.3) is 10.9 Å². The maximum absolute atomic E-state index is 11.3. The summed E-state index contributed by atoms with van der Waals surface area (Å²) >= 11 is 0. The van der Waals surface area contributed by atoms with E-state index in [0.29, 0.717) is 0 Å². The van der Waals surface area contributed by atoms with E-state index in [0.717, 1.165) is 48.2 Å². The van der Waals surface area contributed by atoms with Crippen molar-refractivity contribution in [3.8, 4) is 0 Å². The molecule has 0 radical (unpaired) electrons. The Labute approximate surface area is 152 Å². The van der Waals surface area contributed by atoms with Crippen LogP contribution < -0.4 is 9.62 Å². The molecule has 0 spiro atoms. The number of nitrogens with zero attached hydrogens (tertiary/aromatic N) is 4. The van der Waals surface area contributed by atoms with Gasteiger partial charge in [0, 0.05) is 23.8 Å². The summed E-state index contributed by atoms with van der Waals surface area (Å²) in [6.07, 6.45) is 3.00. The molecule has 2 aromatic heterocycles. The first-order chi connectivity index (χ1) is 12.4. The van der Waals surface area contributed by atoms with Crippen LogP contribution in [-0.4, -0.2) is 36.0 Å². The molecule has 1 aliphatic rings. The van der Waals surface area contributed by atoms with Gasteiger partial charge in [-0.3, -0.25) is 9.67 Å². The van der Waals surface area contributed by atoms with Crippen LogP contribution in [-0.2, 0) is 29.7 Å². The highest BCUT2D eigenvalue weighted by Gasteiger charge is 2.20. The lowest BCUT2D eigenvalue weighted by molar-refractivity contribution is 0.516. The highest BCUT2D eigenvalue weighted by Crippen LogP contribution is 2.29. The second kappa shape index (κ2) is 6.37. The molecule has 26 heavy (non-hydrogen) atoms. The molecule has 1 aliphatic heterocycles. The molecule has 0 aliphatic carbocycles. The summed E-state index contributed by atoms with van der Waals surface area (Å²) in [5, 5.41) is 5.66. The Bertz CT molecular complexity index is 1070. The van der Waals surface area contributed by atoms with E-state index in [1.54, 1.807) is 0 Å². The van der Waals surface area contributed by atoms with E-state index in [4.69, 9.17) is 0 Å². The molecule has 0 bridgehead atoms. The summed E-state index contributed by atoms with van der Waals surface area (Å²) in [4.78, 5) is 6.79. The molecule has 1 N–H and O–H groups in total. The number of aromatic nitrogens is 3. The fourth-order valence-electron chi connectivity index (χ4n) is 3.34. The van der Waals surface area contributed by atoms with Crippen LogP contribution in [0.5, 0.6) is 0 Å². The van der Waals surface area contributed by atoms with Gasteiger partial charge in [-0.25, -0.2) is 13.1 Å². The first-order valence-corrected chi connectivity index (χ1v) is 10.4. The lowest BCUT2D eigenvalue weighted by Gasteiger charge is -2.30. The van der Waals surface area contributed by atoms with Gasteiger partial charge in [0.05, 0.1) is 42.8 Å². The van der Waals surface area contributed by atoms with Gasteiger partial charge in [-0.2, -0.15) is 5.10 Å². The quantitative estimate of drug-likeness (QED) is 0.757. The van der Waals surface area contributed by atoms with Gasteiger partial charge < -0.3 is 4.90 Å². The van der Waals surface area contributed by atoms with Crippen molar-refractivity contribution in [2.24, 2.45) is 0 Å². The largest absolute Gasteiger partial charge is 0.363 e. The second-order valence-electron chi connectivity index (χ2n) is 6.72. The van der Waals surface area contributed by atoms with Gasteiger partial charge in [-0.15, -0.1) is 0 Å². The maximum Gasteiger partial charge on any atom is 0.209 e. The van der Waals surface area contributed by atoms with E-state index in [1.165, 1.54) is 11.3 Å². The molecule has 0 fully saturated rings. The molecule has 0 saturated carbocycles. The van der Waals surface area contributed by atoms with Crippen molar-refractivity contribution in [3.63, 3.8) is 0 Å². The first kappa shape index (κ1) is 17.0. The Morgan fingerprint density at radius 1 is 1.19 bits per heavy atom. The van der Waals surface area contributed by atoms with Crippen LogP contribution in [0.2, 0.25) is 0 Å². The standard InChI is InChI=1S/C18H21N5O2S/c1-13-3-4-17-16(9-13)18(5-6-19-17)22-7-8-23-15(12-22)10-14(21-23)11-20-26(2,24)25/h3-6,9-10,20H,7-8,11-12H2,1-2H3. The zero-order chi connectivity index (χ0) is 18.3. The second-order valence-corrected chi connectivity index (χ2v) is 8.55. The number of anilines is 1. The topological polar surface area (TPSA) is 80.1 Å². The van der Waals surface area contributed by atoms with Crippen molar-refractivity contribution in [3.05, 3.63) is 53.5 Å². The fraction of sp³-hybridized carbons (Fsp3) is 0.333. The minimum atomic E-state index is -3.22. The third kappa shape index (κ3) is 3.42. The summed E-state index contributed by atoms with van der Waals surface area (Å²) < 4.78 is 27.0. The zero-order valence-electron chi connectivity index (χ0n) is 14.8. The number of fused-ring (bicyclic) bond motifs is 2. The number of benzene rings is 1. The van der Waals surface area contributed by atoms with E-state index in [-0.39, 0.29) is 6.54 Å². The summed E-state index contributed by atoms with van der Waals surface area (Å²) in [5.41, 5.74) is 5.19. The Balaban J connectivity index is 1.61. The predicted octanol–water partition coefficient (Wildman–Crippen LogP) is 1.81. The highest BCUT2D eigenvalue weighted by atomic mass is 32.2. The van der Waals surface area contributed by atoms with Gasteiger partial charge in [0.25, 0.3) is 0 Å². The summed E-state index contributed by atoms with van der Waals surface area (Å²) in [6, 6.07) is 10.3. The molecule has 8 heteroatoms. The molecule has 1 aromatic carbocycles. The van der Waals surface area contributed by atoms with Crippen molar-refractivity contribution >= 4 is 26.6 Å². The van der Waals surface area contributed by atoms with E-state index in [9.17, 15) is 8.42 Å². The fourth-order valence-corrected chi connectivity index (χ4v) is 3.75. The number of nitrogens with one attached hydrogen (secondary N) is 1. The first-order valence-electron chi connectivity index (χ1n) is 8.50. The highest BCUT2D eigenvalue weighted by molar-refractivity contribution is 7.88. The van der Waals surface area contributed by atoms with Gasteiger partial charge in [0.2, 0.25) is 10.0 Å². The van der Waals surface area contributed by atoms with Crippen LogP contribution in [0, 0.1) is 6.92 Å². The number of hydrogen-bond donors (Lipinski definition) is 1. The number of aryl methyl sites for hydroxylation is 1. The predicted molar refractivity (Wildman–Crippen MR) is 101 cm³/mol. The Hall–Kier alpha value is -2.45. The van der Waals surface area contributed by atoms with Gasteiger partial charge in [-0.05, 0) is 31.2 Å². The molecule has 0 amide bonds. The minimum absolute atomic E-state index is 0.218. The minimum Gasteiger partial charge on any atom is -0.363 e. The van der Waals surface area contributed by atoms with Crippen molar-refractivity contribution in [2.75, 3.05) is 17.7 Å². The third-order valence-electron chi connectivity index (χ3n) is 4.58. The average Bonchev–Trinajstić information content (AvgIpc) is 3.01. The molecule has 0 unspecified atom stereocenters. The van der Waals surface area contributed by atoms with E-state index < -0.39 is 10.0 Å². The summed E-state index contributed by atoms with van der Waals surface area (Å²) in [6.45, 7) is 4.65. The SMILES string of the molecule is Cc1ccc2nccc(N3CCn4nc(CNS(C)(=O)=O)cc4C3)c2c1. The molecule has 3 heterocycles. The third-order valence-corrected chi connectivity index (χ3v) is 5.25. The van der Waals surface area contributed by atoms with Gasteiger partial charge in [0.15, 0.2) is 0 Å².